The lowest BCUT2D eigenvalue weighted by Crippen LogP contribution is -2.45. The predicted octanol–water partition coefficient (Wildman–Crippen LogP) is 2.13. The number of rotatable bonds is 6. The molecule has 3 N–H and O–H groups in total. The summed E-state index contributed by atoms with van der Waals surface area (Å²) in [6.45, 7) is 5.79. The minimum absolute atomic E-state index is 0.196. The Balaban J connectivity index is 2.88. The molecule has 1 aromatic rings. The number of aryl methyl sites for hydroxylation is 1. The van der Waals surface area contributed by atoms with E-state index in [0.29, 0.717) is 18.0 Å². The Bertz CT molecular complexity index is 440. The van der Waals surface area contributed by atoms with Crippen LogP contribution >= 0.6 is 23.6 Å². The minimum Gasteiger partial charge on any atom is -0.392 e. The van der Waals surface area contributed by atoms with E-state index in [1.807, 2.05) is 20.8 Å². The summed E-state index contributed by atoms with van der Waals surface area (Å²) in [6, 6.07) is 0. The Kier molecular flexibility index (Phi) is 5.15. The molecule has 0 fully saturated rings. The Morgan fingerprint density at radius 1 is 1.39 bits per heavy atom. The second kappa shape index (κ2) is 6.19. The average molecular weight is 286 g/mol. The van der Waals surface area contributed by atoms with E-state index in [-0.39, 0.29) is 10.9 Å². The van der Waals surface area contributed by atoms with Crippen LogP contribution in [0.4, 0.5) is 5.13 Å². The maximum Gasteiger partial charge on any atom is 0.239 e. The topological polar surface area (TPSA) is 80.9 Å². The first kappa shape index (κ1) is 15.0. The summed E-state index contributed by atoms with van der Waals surface area (Å²) in [5, 5.41) is 12.0. The molecule has 0 saturated carbocycles. The Labute approximate surface area is 116 Å². The van der Waals surface area contributed by atoms with E-state index in [9.17, 15) is 4.79 Å². The van der Waals surface area contributed by atoms with Crippen LogP contribution in [0.5, 0.6) is 0 Å². The zero-order valence-electron chi connectivity index (χ0n) is 10.8. The summed E-state index contributed by atoms with van der Waals surface area (Å²) in [6.07, 6.45) is 1.95. The number of carbonyl (C=O) groups is 1. The number of thiocarbonyl (C=S) groups is 1. The van der Waals surface area contributed by atoms with Gasteiger partial charge in [0.15, 0.2) is 0 Å². The highest BCUT2D eigenvalue weighted by Crippen LogP contribution is 2.29. The van der Waals surface area contributed by atoms with Gasteiger partial charge in [-0.2, -0.15) is 0 Å². The molecule has 0 aromatic carbocycles. The minimum atomic E-state index is -0.798. The molecule has 0 unspecified atom stereocenters. The summed E-state index contributed by atoms with van der Waals surface area (Å²) < 4.78 is 0. The normalized spacial score (nSPS) is 11.3. The molecule has 0 spiro atoms. The number of aromatic nitrogens is 2. The molecule has 1 aromatic heterocycles. The number of amides is 1. The number of nitrogens with zero attached hydrogens (tertiary/aromatic N) is 2. The average Bonchev–Trinajstić information content (AvgIpc) is 2.78. The Morgan fingerprint density at radius 2 is 2.00 bits per heavy atom. The first-order chi connectivity index (χ1) is 8.50. The van der Waals surface area contributed by atoms with E-state index >= 15 is 0 Å². The molecular formula is C11H18N4OS2. The van der Waals surface area contributed by atoms with E-state index in [1.54, 1.807) is 0 Å². The second-order valence-electron chi connectivity index (χ2n) is 3.96. The summed E-state index contributed by atoms with van der Waals surface area (Å²) in [7, 11) is 0. The smallest absolute Gasteiger partial charge is 0.239 e. The van der Waals surface area contributed by atoms with Crippen LogP contribution in [0, 0.1) is 5.41 Å². The second-order valence-corrected chi connectivity index (χ2v) is 5.46. The third-order valence-corrected chi connectivity index (χ3v) is 4.48. The summed E-state index contributed by atoms with van der Waals surface area (Å²) >= 11 is 6.40. The van der Waals surface area contributed by atoms with Crippen LogP contribution < -0.4 is 11.1 Å². The van der Waals surface area contributed by atoms with Crippen molar-refractivity contribution >= 4 is 39.6 Å². The highest BCUT2D eigenvalue weighted by atomic mass is 32.1. The van der Waals surface area contributed by atoms with Crippen LogP contribution in [-0.2, 0) is 11.2 Å². The standard InChI is InChI=1S/C11H18N4OS2/c1-4-7-14-15-10(18-7)13-9(16)11(5-2,6-3)8(12)17/h4-6H2,1-3H3,(H2,12,17)(H,13,15,16). The lowest BCUT2D eigenvalue weighted by molar-refractivity contribution is -0.122. The molecule has 100 valence electrons. The van der Waals surface area contributed by atoms with E-state index in [1.165, 1.54) is 11.3 Å². The molecule has 18 heavy (non-hydrogen) atoms. The zero-order valence-corrected chi connectivity index (χ0v) is 12.5. The number of carbonyl (C=O) groups excluding carboxylic acids is 1. The van der Waals surface area contributed by atoms with Gasteiger partial charge in [-0.25, -0.2) is 0 Å². The lowest BCUT2D eigenvalue weighted by atomic mass is 9.81. The SMILES string of the molecule is CCc1nnc(NC(=O)C(CC)(CC)C(N)=S)s1. The molecule has 0 aliphatic carbocycles. The number of hydrogen-bond acceptors (Lipinski definition) is 5. The molecule has 0 radical (unpaired) electrons. The van der Waals surface area contributed by atoms with Gasteiger partial charge < -0.3 is 5.73 Å². The summed E-state index contributed by atoms with van der Waals surface area (Å²) in [5.41, 5.74) is 4.92. The van der Waals surface area contributed by atoms with Crippen molar-refractivity contribution in [2.75, 3.05) is 5.32 Å². The van der Waals surface area contributed by atoms with E-state index < -0.39 is 5.41 Å². The maximum absolute atomic E-state index is 12.3. The van der Waals surface area contributed by atoms with Crippen molar-refractivity contribution in [2.45, 2.75) is 40.0 Å². The number of hydrogen-bond donors (Lipinski definition) is 2. The van der Waals surface area contributed by atoms with Crippen LogP contribution in [0.1, 0.15) is 38.6 Å². The molecule has 0 aliphatic rings. The fraction of sp³-hybridized carbons (Fsp3) is 0.636. The maximum atomic E-state index is 12.3. The highest BCUT2D eigenvalue weighted by molar-refractivity contribution is 7.80. The van der Waals surface area contributed by atoms with Crippen LogP contribution in [0.3, 0.4) is 0 Å². The molecule has 7 heteroatoms. The van der Waals surface area contributed by atoms with Crippen LogP contribution in [0.15, 0.2) is 0 Å². The zero-order chi connectivity index (χ0) is 13.8. The van der Waals surface area contributed by atoms with E-state index in [0.717, 1.165) is 11.4 Å². The number of nitrogens with two attached hydrogens (primary N) is 1. The fourth-order valence-electron chi connectivity index (χ4n) is 1.70. The molecule has 0 bridgehead atoms. The van der Waals surface area contributed by atoms with Crippen molar-refractivity contribution in [1.82, 2.24) is 10.2 Å². The van der Waals surface area contributed by atoms with Crippen molar-refractivity contribution in [3.63, 3.8) is 0 Å². The van der Waals surface area contributed by atoms with Gasteiger partial charge in [0.1, 0.15) is 5.01 Å². The predicted molar refractivity (Wildman–Crippen MR) is 77.7 cm³/mol. The molecule has 0 aliphatic heterocycles. The molecular weight excluding hydrogens is 268 g/mol. The van der Waals surface area contributed by atoms with Gasteiger partial charge in [-0.3, -0.25) is 10.1 Å². The van der Waals surface area contributed by atoms with Crippen LogP contribution in [-0.4, -0.2) is 21.1 Å². The van der Waals surface area contributed by atoms with Crippen molar-refractivity contribution in [3.05, 3.63) is 5.01 Å². The first-order valence-corrected chi connectivity index (χ1v) is 7.16. The molecule has 5 nitrogen and oxygen atoms in total. The summed E-state index contributed by atoms with van der Waals surface area (Å²) in [4.78, 5) is 12.5. The van der Waals surface area contributed by atoms with Crippen molar-refractivity contribution in [1.29, 1.82) is 0 Å². The van der Waals surface area contributed by atoms with Gasteiger partial charge in [0.05, 0.1) is 10.4 Å². The van der Waals surface area contributed by atoms with Gasteiger partial charge in [-0.1, -0.05) is 44.3 Å². The third-order valence-electron chi connectivity index (χ3n) is 3.10. The van der Waals surface area contributed by atoms with Gasteiger partial charge in [0.2, 0.25) is 11.0 Å². The van der Waals surface area contributed by atoms with Crippen molar-refractivity contribution in [3.8, 4) is 0 Å². The molecule has 0 saturated heterocycles. The number of anilines is 1. The van der Waals surface area contributed by atoms with Gasteiger partial charge in [0.25, 0.3) is 0 Å². The molecule has 1 amide bonds. The lowest BCUT2D eigenvalue weighted by Gasteiger charge is -2.28. The molecule has 1 rings (SSSR count). The van der Waals surface area contributed by atoms with Gasteiger partial charge >= 0.3 is 0 Å². The highest BCUT2D eigenvalue weighted by Gasteiger charge is 2.38. The summed E-state index contributed by atoms with van der Waals surface area (Å²) in [5.74, 6) is -0.196. The van der Waals surface area contributed by atoms with Gasteiger partial charge in [-0.05, 0) is 19.3 Å². The Morgan fingerprint density at radius 3 is 2.39 bits per heavy atom. The van der Waals surface area contributed by atoms with Crippen molar-refractivity contribution < 1.29 is 4.79 Å². The quantitative estimate of drug-likeness (QED) is 0.783. The van der Waals surface area contributed by atoms with Crippen LogP contribution in [0.25, 0.3) is 0 Å². The molecule has 1 heterocycles. The molecule has 0 atom stereocenters. The van der Waals surface area contributed by atoms with E-state index in [2.05, 4.69) is 15.5 Å². The first-order valence-electron chi connectivity index (χ1n) is 5.93. The van der Waals surface area contributed by atoms with E-state index in [4.69, 9.17) is 18.0 Å². The monoisotopic (exact) mass is 286 g/mol. The van der Waals surface area contributed by atoms with Gasteiger partial charge in [-0.15, -0.1) is 10.2 Å². The van der Waals surface area contributed by atoms with Crippen molar-refractivity contribution in [2.24, 2.45) is 11.1 Å². The van der Waals surface area contributed by atoms with Gasteiger partial charge in [0, 0.05) is 0 Å². The largest absolute Gasteiger partial charge is 0.392 e. The van der Waals surface area contributed by atoms with Crippen LogP contribution in [0.2, 0.25) is 0 Å². The third kappa shape index (κ3) is 2.84. The fourth-order valence-corrected chi connectivity index (χ4v) is 2.75. The Hall–Kier alpha value is -1.08. The number of nitrogens with one attached hydrogen (secondary N) is 1.